The molecule has 0 aliphatic heterocycles. The molecule has 0 radical (unpaired) electrons. The van der Waals surface area contributed by atoms with Gasteiger partial charge in [0.1, 0.15) is 0 Å². The zero-order valence-corrected chi connectivity index (χ0v) is 14.1. The van der Waals surface area contributed by atoms with Gasteiger partial charge in [0, 0.05) is 0 Å². The normalized spacial score (nSPS) is 18.7. The Labute approximate surface area is 117 Å². The van der Waals surface area contributed by atoms with E-state index in [2.05, 4.69) is 48.5 Å². The second kappa shape index (κ2) is 9.87. The predicted octanol–water partition coefficient (Wildman–Crippen LogP) is 6.55. The highest BCUT2D eigenvalue weighted by atomic mass is 14.2. The van der Waals surface area contributed by atoms with Crippen LogP contribution < -0.4 is 0 Å². The van der Waals surface area contributed by atoms with Crippen molar-refractivity contribution in [3.8, 4) is 0 Å². The molecule has 0 amide bonds. The van der Waals surface area contributed by atoms with E-state index in [4.69, 9.17) is 0 Å². The van der Waals surface area contributed by atoms with Crippen molar-refractivity contribution in [2.75, 3.05) is 0 Å². The van der Waals surface area contributed by atoms with Crippen LogP contribution in [0.25, 0.3) is 0 Å². The van der Waals surface area contributed by atoms with Crippen molar-refractivity contribution in [1.29, 1.82) is 0 Å². The van der Waals surface area contributed by atoms with E-state index in [1.165, 1.54) is 38.5 Å². The van der Waals surface area contributed by atoms with Gasteiger partial charge in [-0.2, -0.15) is 0 Å². The minimum Gasteiger partial charge on any atom is -0.0654 e. The summed E-state index contributed by atoms with van der Waals surface area (Å²) in [7, 11) is 0. The zero-order valence-electron chi connectivity index (χ0n) is 14.1. The minimum absolute atomic E-state index is 0.847. The lowest BCUT2D eigenvalue weighted by atomic mass is 9.78. The monoisotopic (exact) mass is 254 g/mol. The fourth-order valence-corrected chi connectivity index (χ4v) is 3.21. The molecule has 0 bridgehead atoms. The Kier molecular flexibility index (Phi) is 9.87. The molecule has 0 fully saturated rings. The van der Waals surface area contributed by atoms with Gasteiger partial charge in [-0.05, 0) is 36.0 Å². The molecule has 0 aromatic heterocycles. The van der Waals surface area contributed by atoms with E-state index in [9.17, 15) is 0 Å². The maximum Gasteiger partial charge on any atom is -0.0391 e. The van der Waals surface area contributed by atoms with Crippen molar-refractivity contribution in [1.82, 2.24) is 0 Å². The first-order valence-electron chi connectivity index (χ1n) is 8.38. The first-order chi connectivity index (χ1) is 8.38. The fourth-order valence-electron chi connectivity index (χ4n) is 3.21. The molecule has 0 aliphatic carbocycles. The van der Waals surface area contributed by atoms with Crippen LogP contribution in [0.5, 0.6) is 0 Å². The first-order valence-corrected chi connectivity index (χ1v) is 8.38. The van der Waals surface area contributed by atoms with Gasteiger partial charge in [0.05, 0.1) is 0 Å². The number of hydrogen-bond donors (Lipinski definition) is 0. The van der Waals surface area contributed by atoms with Crippen molar-refractivity contribution in [3.63, 3.8) is 0 Å². The quantitative estimate of drug-likeness (QED) is 0.415. The lowest BCUT2D eigenvalue weighted by molar-refractivity contribution is 0.229. The molecular formula is C18H38. The summed E-state index contributed by atoms with van der Waals surface area (Å²) in [5.74, 6) is 4.44. The molecule has 0 N–H and O–H groups in total. The van der Waals surface area contributed by atoms with Gasteiger partial charge in [0.15, 0.2) is 0 Å². The second-order valence-electron chi connectivity index (χ2n) is 7.27. The maximum atomic E-state index is 2.47. The molecule has 0 rings (SSSR count). The SMILES string of the molecule is CCCC(C)CCCC(C)C(C)C(C)CC(C)C. The Morgan fingerprint density at radius 2 is 1.33 bits per heavy atom. The molecule has 4 unspecified atom stereocenters. The molecule has 0 saturated carbocycles. The van der Waals surface area contributed by atoms with Crippen molar-refractivity contribution >= 4 is 0 Å². The standard InChI is InChI=1S/C18H38/c1-8-10-15(4)11-9-12-16(5)18(7)17(6)13-14(2)3/h14-18H,8-13H2,1-7H3. The Bertz CT molecular complexity index is 182. The summed E-state index contributed by atoms with van der Waals surface area (Å²) in [6.45, 7) is 16.8. The summed E-state index contributed by atoms with van der Waals surface area (Å²) >= 11 is 0. The molecule has 18 heavy (non-hydrogen) atoms. The summed E-state index contributed by atoms with van der Waals surface area (Å²) < 4.78 is 0. The average Bonchev–Trinajstić information content (AvgIpc) is 2.27. The fraction of sp³-hybridized carbons (Fsp3) is 1.00. The third kappa shape index (κ3) is 8.16. The summed E-state index contributed by atoms with van der Waals surface area (Å²) in [5, 5.41) is 0. The van der Waals surface area contributed by atoms with E-state index in [1.54, 1.807) is 0 Å². The molecular weight excluding hydrogens is 216 g/mol. The third-order valence-electron chi connectivity index (χ3n) is 4.78. The molecule has 0 nitrogen and oxygen atoms in total. The van der Waals surface area contributed by atoms with E-state index in [1.807, 2.05) is 0 Å². The van der Waals surface area contributed by atoms with Crippen LogP contribution >= 0.6 is 0 Å². The van der Waals surface area contributed by atoms with Crippen LogP contribution in [-0.2, 0) is 0 Å². The highest BCUT2D eigenvalue weighted by molar-refractivity contribution is 4.70. The summed E-state index contributed by atoms with van der Waals surface area (Å²) in [5.41, 5.74) is 0. The van der Waals surface area contributed by atoms with Crippen LogP contribution in [0.15, 0.2) is 0 Å². The molecule has 4 atom stereocenters. The van der Waals surface area contributed by atoms with Crippen molar-refractivity contribution < 1.29 is 0 Å². The smallest absolute Gasteiger partial charge is 0.0391 e. The predicted molar refractivity (Wildman–Crippen MR) is 84.9 cm³/mol. The lowest BCUT2D eigenvalue weighted by Crippen LogP contribution is -2.18. The van der Waals surface area contributed by atoms with Crippen LogP contribution in [-0.4, -0.2) is 0 Å². The molecule has 0 heteroatoms. The highest BCUT2D eigenvalue weighted by Crippen LogP contribution is 2.29. The van der Waals surface area contributed by atoms with Gasteiger partial charge in [-0.1, -0.05) is 80.6 Å². The van der Waals surface area contributed by atoms with Gasteiger partial charge in [-0.25, -0.2) is 0 Å². The van der Waals surface area contributed by atoms with Gasteiger partial charge in [0.2, 0.25) is 0 Å². The van der Waals surface area contributed by atoms with Crippen LogP contribution in [0, 0.1) is 29.6 Å². The van der Waals surface area contributed by atoms with E-state index < -0.39 is 0 Å². The largest absolute Gasteiger partial charge is 0.0654 e. The topological polar surface area (TPSA) is 0 Å². The van der Waals surface area contributed by atoms with Crippen molar-refractivity contribution in [3.05, 3.63) is 0 Å². The Balaban J connectivity index is 3.83. The van der Waals surface area contributed by atoms with Crippen LogP contribution in [0.4, 0.5) is 0 Å². The highest BCUT2D eigenvalue weighted by Gasteiger charge is 2.19. The Morgan fingerprint density at radius 1 is 0.722 bits per heavy atom. The van der Waals surface area contributed by atoms with Gasteiger partial charge in [-0.3, -0.25) is 0 Å². The van der Waals surface area contributed by atoms with Crippen molar-refractivity contribution in [2.45, 2.75) is 87.0 Å². The minimum atomic E-state index is 0.847. The second-order valence-corrected chi connectivity index (χ2v) is 7.27. The van der Waals surface area contributed by atoms with Crippen LogP contribution in [0.2, 0.25) is 0 Å². The summed E-state index contributed by atoms with van der Waals surface area (Å²) in [4.78, 5) is 0. The number of hydrogen-bond acceptors (Lipinski definition) is 0. The van der Waals surface area contributed by atoms with Gasteiger partial charge in [0.25, 0.3) is 0 Å². The molecule has 0 aromatic carbocycles. The van der Waals surface area contributed by atoms with Gasteiger partial charge < -0.3 is 0 Å². The Morgan fingerprint density at radius 3 is 1.83 bits per heavy atom. The van der Waals surface area contributed by atoms with Crippen LogP contribution in [0.3, 0.4) is 0 Å². The molecule has 0 saturated heterocycles. The van der Waals surface area contributed by atoms with Crippen molar-refractivity contribution in [2.24, 2.45) is 29.6 Å². The average molecular weight is 255 g/mol. The molecule has 0 heterocycles. The van der Waals surface area contributed by atoms with Gasteiger partial charge in [-0.15, -0.1) is 0 Å². The van der Waals surface area contributed by atoms with E-state index >= 15 is 0 Å². The van der Waals surface area contributed by atoms with Crippen LogP contribution in [0.1, 0.15) is 87.0 Å². The maximum absolute atomic E-state index is 2.47. The summed E-state index contributed by atoms with van der Waals surface area (Å²) in [6, 6.07) is 0. The summed E-state index contributed by atoms with van der Waals surface area (Å²) in [6.07, 6.45) is 8.44. The van der Waals surface area contributed by atoms with Gasteiger partial charge >= 0.3 is 0 Å². The van der Waals surface area contributed by atoms with E-state index in [0.717, 1.165) is 29.6 Å². The molecule has 0 aliphatic rings. The third-order valence-corrected chi connectivity index (χ3v) is 4.78. The van der Waals surface area contributed by atoms with E-state index in [-0.39, 0.29) is 0 Å². The lowest BCUT2D eigenvalue weighted by Gasteiger charge is -2.27. The molecule has 110 valence electrons. The molecule has 0 spiro atoms. The number of rotatable bonds is 10. The zero-order chi connectivity index (χ0) is 14.1. The first kappa shape index (κ1) is 18.0. The van der Waals surface area contributed by atoms with E-state index in [0.29, 0.717) is 0 Å². The Hall–Kier alpha value is 0. The molecule has 0 aromatic rings.